The van der Waals surface area contributed by atoms with Crippen LogP contribution >= 0.6 is 11.8 Å². The standard InChI is InChI=1S/C24H24N4O3S/c1-15-4-5-19-18(11-15)22(16-6-8-25-9-7-16)23(26-19)17-3-2-10-27(12-17)20(29)13-28-21(30)14-32-24(28)31/h4-9,11,17,26H,2-3,10,12-14H2,1H3/t17-/m1/s1. The van der Waals surface area contributed by atoms with Crippen molar-refractivity contribution in [2.45, 2.75) is 25.7 Å². The van der Waals surface area contributed by atoms with Crippen LogP contribution in [0.4, 0.5) is 4.79 Å². The first-order chi connectivity index (χ1) is 15.5. The summed E-state index contributed by atoms with van der Waals surface area (Å²) in [5.41, 5.74) is 5.65. The molecule has 2 fully saturated rings. The number of carbonyl (C=O) groups excluding carboxylic acids is 3. The van der Waals surface area contributed by atoms with Crippen molar-refractivity contribution in [3.63, 3.8) is 0 Å². The number of imide groups is 1. The number of H-pyrrole nitrogens is 1. The number of aromatic nitrogens is 2. The number of piperidine rings is 1. The lowest BCUT2D eigenvalue weighted by molar-refractivity contribution is -0.137. The Morgan fingerprint density at radius 1 is 1.22 bits per heavy atom. The number of pyridine rings is 1. The maximum Gasteiger partial charge on any atom is 0.289 e. The third-order valence-electron chi connectivity index (χ3n) is 6.27. The zero-order chi connectivity index (χ0) is 22.2. The van der Waals surface area contributed by atoms with Gasteiger partial charge in [-0.3, -0.25) is 24.3 Å². The van der Waals surface area contributed by atoms with E-state index in [0.29, 0.717) is 13.1 Å². The van der Waals surface area contributed by atoms with Gasteiger partial charge in [0.05, 0.1) is 5.75 Å². The maximum absolute atomic E-state index is 12.9. The van der Waals surface area contributed by atoms with Crippen molar-refractivity contribution in [2.24, 2.45) is 0 Å². The van der Waals surface area contributed by atoms with Gasteiger partial charge in [-0.2, -0.15) is 0 Å². The van der Waals surface area contributed by atoms with Crippen molar-refractivity contribution < 1.29 is 14.4 Å². The smallest absolute Gasteiger partial charge is 0.289 e. The molecule has 4 heterocycles. The number of carbonyl (C=O) groups is 3. The maximum atomic E-state index is 12.9. The van der Waals surface area contributed by atoms with Crippen LogP contribution in [0.25, 0.3) is 22.0 Å². The Kier molecular flexibility index (Phi) is 5.46. The van der Waals surface area contributed by atoms with Crippen LogP contribution in [0, 0.1) is 6.92 Å². The van der Waals surface area contributed by atoms with Crippen molar-refractivity contribution >= 4 is 39.7 Å². The Morgan fingerprint density at radius 3 is 2.78 bits per heavy atom. The Morgan fingerprint density at radius 2 is 2.03 bits per heavy atom. The lowest BCUT2D eigenvalue weighted by Gasteiger charge is -2.33. The zero-order valence-corrected chi connectivity index (χ0v) is 18.7. The normalized spacial score (nSPS) is 19.2. The average molecular weight is 449 g/mol. The highest BCUT2D eigenvalue weighted by molar-refractivity contribution is 8.14. The lowest BCUT2D eigenvalue weighted by atomic mass is 9.89. The predicted octanol–water partition coefficient (Wildman–Crippen LogP) is 3.94. The number of rotatable bonds is 4. The van der Waals surface area contributed by atoms with E-state index in [9.17, 15) is 14.4 Å². The van der Waals surface area contributed by atoms with Gasteiger partial charge in [-0.1, -0.05) is 23.4 Å². The van der Waals surface area contributed by atoms with E-state index in [4.69, 9.17) is 0 Å². The number of benzene rings is 1. The molecule has 164 valence electrons. The molecule has 0 bridgehead atoms. The van der Waals surface area contributed by atoms with Crippen LogP contribution < -0.4 is 0 Å². The van der Waals surface area contributed by atoms with Crippen molar-refractivity contribution in [2.75, 3.05) is 25.4 Å². The van der Waals surface area contributed by atoms with Gasteiger partial charge in [0.25, 0.3) is 5.24 Å². The summed E-state index contributed by atoms with van der Waals surface area (Å²) in [4.78, 5) is 47.4. The summed E-state index contributed by atoms with van der Waals surface area (Å²) >= 11 is 0.959. The fourth-order valence-electron chi connectivity index (χ4n) is 4.67. The fourth-order valence-corrected chi connectivity index (χ4v) is 5.40. The monoisotopic (exact) mass is 448 g/mol. The fraction of sp³-hybridized carbons (Fsp3) is 0.333. The minimum Gasteiger partial charge on any atom is -0.358 e. The van der Waals surface area contributed by atoms with Crippen LogP contribution in [0.2, 0.25) is 0 Å². The SMILES string of the molecule is Cc1ccc2[nH]c([C@@H]3CCCN(C(=O)CN4C(=O)CSC4=O)C3)c(-c3ccncc3)c2c1. The zero-order valence-electron chi connectivity index (χ0n) is 17.8. The molecule has 0 aliphatic carbocycles. The number of aryl methyl sites for hydroxylation is 1. The molecule has 3 amide bonds. The number of nitrogens with zero attached hydrogens (tertiary/aromatic N) is 3. The molecule has 3 aromatic rings. The van der Waals surface area contributed by atoms with Crippen molar-refractivity contribution in [1.29, 1.82) is 0 Å². The number of likely N-dealkylation sites (tertiary alicyclic amines) is 1. The molecule has 0 radical (unpaired) electrons. The molecule has 1 N–H and O–H groups in total. The second-order valence-electron chi connectivity index (χ2n) is 8.41. The second kappa shape index (κ2) is 8.43. The van der Waals surface area contributed by atoms with Crippen molar-refractivity contribution in [3.8, 4) is 11.1 Å². The summed E-state index contributed by atoms with van der Waals surface area (Å²) in [6.45, 7) is 3.12. The van der Waals surface area contributed by atoms with Crippen LogP contribution in [0.1, 0.15) is 30.0 Å². The summed E-state index contributed by atoms with van der Waals surface area (Å²) in [5, 5.41) is 0.836. The first-order valence-electron chi connectivity index (χ1n) is 10.8. The lowest BCUT2D eigenvalue weighted by Crippen LogP contribution is -2.45. The topological polar surface area (TPSA) is 86.4 Å². The van der Waals surface area contributed by atoms with Crippen LogP contribution in [-0.4, -0.2) is 62.2 Å². The van der Waals surface area contributed by atoms with Gasteiger partial charge in [-0.15, -0.1) is 0 Å². The number of hydrogen-bond donors (Lipinski definition) is 1. The largest absolute Gasteiger partial charge is 0.358 e. The van der Waals surface area contributed by atoms with E-state index in [1.54, 1.807) is 17.3 Å². The summed E-state index contributed by atoms with van der Waals surface area (Å²) in [6.07, 6.45) is 5.43. The molecule has 2 saturated heterocycles. The molecule has 0 spiro atoms. The van der Waals surface area contributed by atoms with Gasteiger partial charge in [0.1, 0.15) is 6.54 Å². The summed E-state index contributed by atoms with van der Waals surface area (Å²) in [5.74, 6) is -0.189. The Labute approximate surface area is 190 Å². The molecule has 2 aliphatic rings. The van der Waals surface area contributed by atoms with Crippen LogP contribution in [0.3, 0.4) is 0 Å². The van der Waals surface area contributed by atoms with E-state index in [1.807, 2.05) is 12.1 Å². The Hall–Kier alpha value is -3.13. The van der Waals surface area contributed by atoms with Crippen molar-refractivity contribution in [1.82, 2.24) is 19.8 Å². The molecule has 1 atom stereocenters. The Bertz CT molecular complexity index is 1190. The van der Waals surface area contributed by atoms with E-state index in [1.165, 1.54) is 10.9 Å². The highest BCUT2D eigenvalue weighted by Crippen LogP contribution is 2.39. The Balaban J connectivity index is 1.46. The number of thioether (sulfide) groups is 1. The highest BCUT2D eigenvalue weighted by Gasteiger charge is 2.34. The molecule has 1 aromatic carbocycles. The van der Waals surface area contributed by atoms with E-state index < -0.39 is 0 Å². The summed E-state index contributed by atoms with van der Waals surface area (Å²) < 4.78 is 0. The van der Waals surface area contributed by atoms with E-state index >= 15 is 0 Å². The van der Waals surface area contributed by atoms with Gasteiger partial charge in [0, 0.05) is 53.6 Å². The third-order valence-corrected chi connectivity index (χ3v) is 7.13. The molecule has 0 saturated carbocycles. The molecule has 2 aromatic heterocycles. The van der Waals surface area contributed by atoms with Crippen molar-refractivity contribution in [3.05, 3.63) is 54.0 Å². The van der Waals surface area contributed by atoms with E-state index in [-0.39, 0.29) is 35.3 Å². The van der Waals surface area contributed by atoms with Gasteiger partial charge >= 0.3 is 0 Å². The highest BCUT2D eigenvalue weighted by atomic mass is 32.2. The van der Waals surface area contributed by atoms with Crippen LogP contribution in [-0.2, 0) is 9.59 Å². The third kappa shape index (κ3) is 3.79. The number of amides is 3. The minimum atomic E-state index is -0.331. The molecule has 2 aliphatic heterocycles. The van der Waals surface area contributed by atoms with Gasteiger partial charge < -0.3 is 9.88 Å². The van der Waals surface area contributed by atoms with Crippen LogP contribution in [0.5, 0.6) is 0 Å². The number of fused-ring (bicyclic) bond motifs is 1. The van der Waals surface area contributed by atoms with Gasteiger partial charge in [0.15, 0.2) is 0 Å². The molecule has 5 rings (SSSR count). The van der Waals surface area contributed by atoms with Gasteiger partial charge in [0.2, 0.25) is 11.8 Å². The van der Waals surface area contributed by atoms with E-state index in [2.05, 4.69) is 35.1 Å². The quantitative estimate of drug-likeness (QED) is 0.653. The molecule has 8 heteroatoms. The average Bonchev–Trinajstić information content (AvgIpc) is 3.34. The molecule has 32 heavy (non-hydrogen) atoms. The summed E-state index contributed by atoms with van der Waals surface area (Å²) in [6, 6.07) is 10.4. The summed E-state index contributed by atoms with van der Waals surface area (Å²) in [7, 11) is 0. The number of aromatic amines is 1. The second-order valence-corrected chi connectivity index (χ2v) is 9.34. The van der Waals surface area contributed by atoms with Crippen LogP contribution in [0.15, 0.2) is 42.7 Å². The molecular formula is C24H24N4O3S. The predicted molar refractivity (Wildman–Crippen MR) is 124 cm³/mol. The number of nitrogens with one attached hydrogen (secondary N) is 1. The number of hydrogen-bond acceptors (Lipinski definition) is 5. The van der Waals surface area contributed by atoms with E-state index in [0.717, 1.165) is 51.8 Å². The first-order valence-corrected chi connectivity index (χ1v) is 11.8. The molecule has 7 nitrogen and oxygen atoms in total. The van der Waals surface area contributed by atoms with Gasteiger partial charge in [-0.25, -0.2) is 0 Å². The molecule has 0 unspecified atom stereocenters. The van der Waals surface area contributed by atoms with Gasteiger partial charge in [-0.05, 0) is 49.6 Å². The minimum absolute atomic E-state index is 0.124. The molecular weight excluding hydrogens is 424 g/mol. The first kappa shape index (κ1) is 20.8.